The highest BCUT2D eigenvalue weighted by Gasteiger charge is 2.12. The zero-order valence-electron chi connectivity index (χ0n) is 10.9. The van der Waals surface area contributed by atoms with Gasteiger partial charge in [-0.3, -0.25) is 4.68 Å². The molecule has 0 aliphatic heterocycles. The number of rotatable bonds is 6. The lowest BCUT2D eigenvalue weighted by Crippen LogP contribution is -2.20. The summed E-state index contributed by atoms with van der Waals surface area (Å²) in [7, 11) is 3.54. The number of hydrogen-bond acceptors (Lipinski definition) is 5. The molecular weight excluding hydrogens is 232 g/mol. The number of hydrogen-bond donors (Lipinski definition) is 1. The van der Waals surface area contributed by atoms with Crippen molar-refractivity contribution in [3.05, 3.63) is 23.7 Å². The van der Waals surface area contributed by atoms with E-state index in [1.54, 1.807) is 22.7 Å². The molecule has 98 valence electrons. The molecule has 2 heterocycles. The maximum absolute atomic E-state index is 5.33. The van der Waals surface area contributed by atoms with Crippen LogP contribution < -0.4 is 10.1 Å². The lowest BCUT2D eigenvalue weighted by Gasteiger charge is -2.06. The molecule has 0 aliphatic carbocycles. The second kappa shape index (κ2) is 5.63. The number of nitrogens with one attached hydrogen (secondary N) is 1. The average Bonchev–Trinajstić information content (AvgIpc) is 2.93. The van der Waals surface area contributed by atoms with E-state index in [0.717, 1.165) is 36.8 Å². The van der Waals surface area contributed by atoms with Crippen molar-refractivity contribution in [1.82, 2.24) is 30.1 Å². The van der Waals surface area contributed by atoms with Gasteiger partial charge in [0.2, 0.25) is 5.88 Å². The fraction of sp³-hybridized carbons (Fsp3) is 0.545. The molecule has 0 saturated heterocycles. The fourth-order valence-electron chi connectivity index (χ4n) is 1.90. The average molecular weight is 250 g/mol. The van der Waals surface area contributed by atoms with Crippen molar-refractivity contribution in [2.24, 2.45) is 7.05 Å². The molecule has 0 spiro atoms. The van der Waals surface area contributed by atoms with Crippen LogP contribution in [0.3, 0.4) is 0 Å². The number of nitrogens with zero attached hydrogens (tertiary/aromatic N) is 5. The highest BCUT2D eigenvalue weighted by Crippen LogP contribution is 2.20. The largest absolute Gasteiger partial charge is 0.481 e. The monoisotopic (exact) mass is 250 g/mol. The predicted molar refractivity (Wildman–Crippen MR) is 66.2 cm³/mol. The first-order valence-electron chi connectivity index (χ1n) is 5.83. The summed E-state index contributed by atoms with van der Waals surface area (Å²) in [5, 5.41) is 15.3. The van der Waals surface area contributed by atoms with Crippen LogP contribution in [0, 0.1) is 6.92 Å². The Kier molecular flexibility index (Phi) is 3.93. The van der Waals surface area contributed by atoms with E-state index in [-0.39, 0.29) is 0 Å². The zero-order valence-corrected chi connectivity index (χ0v) is 10.9. The van der Waals surface area contributed by atoms with Crippen LogP contribution in [0.4, 0.5) is 0 Å². The molecule has 18 heavy (non-hydrogen) atoms. The van der Waals surface area contributed by atoms with E-state index in [4.69, 9.17) is 4.74 Å². The Hall–Kier alpha value is -1.89. The Balaban J connectivity index is 1.86. The lowest BCUT2D eigenvalue weighted by molar-refractivity contribution is 0.367. The normalized spacial score (nSPS) is 10.8. The van der Waals surface area contributed by atoms with Crippen LogP contribution in [0.5, 0.6) is 5.88 Å². The quantitative estimate of drug-likeness (QED) is 0.737. The predicted octanol–water partition coefficient (Wildman–Crippen LogP) is 0.118. The minimum absolute atomic E-state index is 0.734. The Morgan fingerprint density at radius 3 is 2.94 bits per heavy atom. The van der Waals surface area contributed by atoms with Gasteiger partial charge in [-0.1, -0.05) is 5.21 Å². The maximum Gasteiger partial charge on any atom is 0.216 e. The van der Waals surface area contributed by atoms with Gasteiger partial charge < -0.3 is 10.1 Å². The molecule has 0 bridgehead atoms. The topological polar surface area (TPSA) is 69.8 Å². The molecule has 7 nitrogen and oxygen atoms in total. The van der Waals surface area contributed by atoms with Gasteiger partial charge >= 0.3 is 0 Å². The molecule has 2 aromatic rings. The van der Waals surface area contributed by atoms with Gasteiger partial charge in [0.25, 0.3) is 0 Å². The van der Waals surface area contributed by atoms with Gasteiger partial charge in [0.15, 0.2) is 0 Å². The molecule has 0 radical (unpaired) electrons. The van der Waals surface area contributed by atoms with Crippen molar-refractivity contribution >= 4 is 0 Å². The summed E-state index contributed by atoms with van der Waals surface area (Å²) >= 11 is 0. The van der Waals surface area contributed by atoms with Crippen molar-refractivity contribution in [3.63, 3.8) is 0 Å². The summed E-state index contributed by atoms with van der Waals surface area (Å²) in [5.41, 5.74) is 2.08. The van der Waals surface area contributed by atoms with Crippen molar-refractivity contribution in [1.29, 1.82) is 0 Å². The SMILES string of the molecule is COc1c(CNCCn2ccnn2)c(C)nn1C. The van der Waals surface area contributed by atoms with Gasteiger partial charge in [0.05, 0.1) is 31.1 Å². The minimum atomic E-state index is 0.734. The van der Waals surface area contributed by atoms with E-state index in [2.05, 4.69) is 20.7 Å². The number of aryl methyl sites for hydroxylation is 2. The molecule has 7 heteroatoms. The third kappa shape index (κ3) is 2.67. The van der Waals surface area contributed by atoms with Crippen molar-refractivity contribution in [3.8, 4) is 5.88 Å². The maximum atomic E-state index is 5.33. The number of aromatic nitrogens is 5. The standard InChI is InChI=1S/C11H18N6O/c1-9-10(11(18-3)16(2)14-9)8-12-4-6-17-7-5-13-15-17/h5,7,12H,4,6,8H2,1-3H3. The van der Waals surface area contributed by atoms with Gasteiger partial charge in [-0.05, 0) is 6.92 Å². The fourth-order valence-corrected chi connectivity index (χ4v) is 1.90. The van der Waals surface area contributed by atoms with Crippen LogP contribution in [-0.2, 0) is 20.1 Å². The molecule has 0 fully saturated rings. The summed E-state index contributed by atoms with van der Waals surface area (Å²) in [5.74, 6) is 0.806. The van der Waals surface area contributed by atoms with Crippen molar-refractivity contribution < 1.29 is 4.74 Å². The Labute approximate surface area is 106 Å². The smallest absolute Gasteiger partial charge is 0.216 e. The third-order valence-corrected chi connectivity index (χ3v) is 2.77. The van der Waals surface area contributed by atoms with Gasteiger partial charge in [0, 0.05) is 26.3 Å². The highest BCUT2D eigenvalue weighted by atomic mass is 16.5. The summed E-state index contributed by atoms with van der Waals surface area (Å²) < 4.78 is 8.88. The third-order valence-electron chi connectivity index (χ3n) is 2.77. The molecular formula is C11H18N6O. The summed E-state index contributed by atoms with van der Waals surface area (Å²) in [6.07, 6.45) is 3.52. The van der Waals surface area contributed by atoms with E-state index in [9.17, 15) is 0 Å². The summed E-state index contributed by atoms with van der Waals surface area (Å²) in [4.78, 5) is 0. The Morgan fingerprint density at radius 2 is 2.28 bits per heavy atom. The van der Waals surface area contributed by atoms with Crippen LogP contribution in [0.15, 0.2) is 12.4 Å². The zero-order chi connectivity index (χ0) is 13.0. The van der Waals surface area contributed by atoms with Crippen LogP contribution >= 0.6 is 0 Å². The van der Waals surface area contributed by atoms with Crippen LogP contribution in [0.25, 0.3) is 0 Å². The molecule has 0 amide bonds. The highest BCUT2D eigenvalue weighted by molar-refractivity contribution is 5.30. The first kappa shape index (κ1) is 12.6. The molecule has 0 aliphatic rings. The number of methoxy groups -OCH3 is 1. The van der Waals surface area contributed by atoms with Crippen LogP contribution in [0.2, 0.25) is 0 Å². The first-order chi connectivity index (χ1) is 8.72. The minimum Gasteiger partial charge on any atom is -0.481 e. The van der Waals surface area contributed by atoms with E-state index in [1.165, 1.54) is 0 Å². The van der Waals surface area contributed by atoms with Gasteiger partial charge in [0.1, 0.15) is 0 Å². The van der Waals surface area contributed by atoms with E-state index in [1.807, 2.05) is 20.2 Å². The van der Waals surface area contributed by atoms with Gasteiger partial charge in [-0.15, -0.1) is 5.10 Å². The molecule has 2 aromatic heterocycles. The second-order valence-corrected chi connectivity index (χ2v) is 4.04. The Morgan fingerprint density at radius 1 is 1.44 bits per heavy atom. The van der Waals surface area contributed by atoms with E-state index in [0.29, 0.717) is 0 Å². The molecule has 2 rings (SSSR count). The number of ether oxygens (including phenoxy) is 1. The second-order valence-electron chi connectivity index (χ2n) is 4.04. The first-order valence-corrected chi connectivity index (χ1v) is 5.83. The lowest BCUT2D eigenvalue weighted by atomic mass is 10.2. The molecule has 0 saturated carbocycles. The van der Waals surface area contributed by atoms with E-state index >= 15 is 0 Å². The molecule has 0 atom stereocenters. The summed E-state index contributed by atoms with van der Waals surface area (Å²) in [6.45, 7) is 4.33. The Bertz CT molecular complexity index is 490. The molecule has 1 N–H and O–H groups in total. The molecule has 0 aromatic carbocycles. The van der Waals surface area contributed by atoms with Crippen LogP contribution in [-0.4, -0.2) is 38.4 Å². The molecule has 0 unspecified atom stereocenters. The van der Waals surface area contributed by atoms with Crippen molar-refractivity contribution in [2.45, 2.75) is 20.0 Å². The van der Waals surface area contributed by atoms with Crippen molar-refractivity contribution in [2.75, 3.05) is 13.7 Å². The summed E-state index contributed by atoms with van der Waals surface area (Å²) in [6, 6.07) is 0. The van der Waals surface area contributed by atoms with Crippen LogP contribution in [0.1, 0.15) is 11.3 Å². The van der Waals surface area contributed by atoms with E-state index < -0.39 is 0 Å². The van der Waals surface area contributed by atoms with Gasteiger partial charge in [-0.2, -0.15) is 5.10 Å². The van der Waals surface area contributed by atoms with Gasteiger partial charge in [-0.25, -0.2) is 4.68 Å².